The van der Waals surface area contributed by atoms with E-state index in [1.54, 1.807) is 6.07 Å². The molecule has 7 nitrogen and oxygen atoms in total. The molecule has 0 bridgehead atoms. The van der Waals surface area contributed by atoms with E-state index in [2.05, 4.69) is 45.5 Å². The van der Waals surface area contributed by atoms with E-state index in [1.165, 1.54) is 29.8 Å². The molecule has 1 aliphatic heterocycles. The second kappa shape index (κ2) is 9.46. The molecule has 0 unspecified atom stereocenters. The summed E-state index contributed by atoms with van der Waals surface area (Å²) in [6.45, 7) is -0.441. The maximum Gasteiger partial charge on any atom is 0.338 e. The normalized spacial score (nSPS) is 19.9. The van der Waals surface area contributed by atoms with Crippen molar-refractivity contribution in [3.8, 4) is 0 Å². The fraction of sp³-hybridized carbons (Fsp3) is 0.185. The first-order valence-electron chi connectivity index (χ1n) is 11.2. The predicted octanol–water partition coefficient (Wildman–Crippen LogP) is 6.22. The Balaban J connectivity index is 1.30. The zero-order chi connectivity index (χ0) is 24.5. The zero-order valence-corrected chi connectivity index (χ0v) is 20.1. The molecule has 0 saturated carbocycles. The van der Waals surface area contributed by atoms with E-state index < -0.39 is 23.3 Å². The van der Waals surface area contributed by atoms with Gasteiger partial charge in [0, 0.05) is 33.8 Å². The maximum absolute atomic E-state index is 12.7. The van der Waals surface area contributed by atoms with Crippen molar-refractivity contribution in [2.75, 3.05) is 11.9 Å². The second-order valence-corrected chi connectivity index (χ2v) is 9.55. The van der Waals surface area contributed by atoms with Gasteiger partial charge >= 0.3 is 5.97 Å². The van der Waals surface area contributed by atoms with Crippen molar-refractivity contribution >= 4 is 39.1 Å². The maximum atomic E-state index is 12.7. The fourth-order valence-electron chi connectivity index (χ4n) is 4.79. The number of ketones is 1. The molecule has 0 fully saturated rings. The number of Topliss-reactive ketones (excluding diaryl/α,β-unsaturated/α-hetero) is 1. The summed E-state index contributed by atoms with van der Waals surface area (Å²) in [6, 6.07) is 19.1. The molecule has 2 aliphatic rings. The molecule has 1 aliphatic carbocycles. The number of halogens is 1. The first kappa shape index (κ1) is 23.0. The largest absolute Gasteiger partial charge is 0.454 e. The van der Waals surface area contributed by atoms with Crippen molar-refractivity contribution in [1.29, 1.82) is 0 Å². The number of hydrogen-bond acceptors (Lipinski definition) is 6. The number of fused-ring (bicyclic) bond motifs is 3. The minimum atomic E-state index is -0.586. The van der Waals surface area contributed by atoms with E-state index in [-0.39, 0.29) is 23.2 Å². The highest BCUT2D eigenvalue weighted by Gasteiger charge is 2.38. The van der Waals surface area contributed by atoms with Crippen molar-refractivity contribution in [1.82, 2.24) is 0 Å². The van der Waals surface area contributed by atoms with Crippen LogP contribution in [0.15, 0.2) is 83.4 Å². The van der Waals surface area contributed by atoms with E-state index >= 15 is 0 Å². The molecule has 1 N–H and O–H groups in total. The lowest BCUT2D eigenvalue weighted by Gasteiger charge is -2.37. The van der Waals surface area contributed by atoms with E-state index in [1.807, 2.05) is 24.3 Å². The Bertz CT molecular complexity index is 1330. The number of benzene rings is 3. The van der Waals surface area contributed by atoms with Gasteiger partial charge < -0.3 is 10.1 Å². The van der Waals surface area contributed by atoms with Gasteiger partial charge in [-0.25, -0.2) is 4.79 Å². The van der Waals surface area contributed by atoms with Crippen LogP contribution < -0.4 is 5.32 Å². The number of nitrogens with zero attached hydrogens (tertiary/aromatic N) is 1. The molecule has 3 aromatic rings. The number of allylic oxidation sites excluding steroid dienone is 2. The summed E-state index contributed by atoms with van der Waals surface area (Å²) in [4.78, 5) is 35.3. The molecule has 8 heteroatoms. The number of nitro benzene ring substituents is 1. The highest BCUT2D eigenvalue weighted by molar-refractivity contribution is 9.10. The minimum Gasteiger partial charge on any atom is -0.454 e. The second-order valence-electron chi connectivity index (χ2n) is 8.63. The number of nitro groups is 1. The molecule has 3 atom stereocenters. The van der Waals surface area contributed by atoms with Crippen LogP contribution in [0.25, 0.3) is 0 Å². The Morgan fingerprint density at radius 2 is 1.74 bits per heavy atom. The Morgan fingerprint density at radius 3 is 2.46 bits per heavy atom. The molecule has 3 aromatic carbocycles. The SMILES string of the molecule is O=C(COC(=O)c1ccc2c(c1)[C@H]1C=CC[C@@H]1[C@H](c1ccc(Br)cc1)N2)c1ccc([N+](=O)[O-])cc1. The molecule has 176 valence electrons. The zero-order valence-electron chi connectivity index (χ0n) is 18.5. The summed E-state index contributed by atoms with van der Waals surface area (Å²) in [7, 11) is 0. The smallest absolute Gasteiger partial charge is 0.338 e. The van der Waals surface area contributed by atoms with Crippen LogP contribution in [-0.2, 0) is 4.74 Å². The number of nitrogens with one attached hydrogen (secondary N) is 1. The van der Waals surface area contributed by atoms with Crippen LogP contribution >= 0.6 is 15.9 Å². The highest BCUT2D eigenvalue weighted by Crippen LogP contribution is 2.50. The number of hydrogen-bond donors (Lipinski definition) is 1. The third-order valence-electron chi connectivity index (χ3n) is 6.56. The van der Waals surface area contributed by atoms with Crippen LogP contribution in [0.1, 0.15) is 50.2 Å². The van der Waals surface area contributed by atoms with Crippen LogP contribution in [0.2, 0.25) is 0 Å². The number of carbonyl (C=O) groups excluding carboxylic acids is 2. The van der Waals surface area contributed by atoms with Gasteiger partial charge in [0.05, 0.1) is 16.5 Å². The molecule has 0 radical (unpaired) electrons. The lowest BCUT2D eigenvalue weighted by Crippen LogP contribution is -2.29. The van der Waals surface area contributed by atoms with Crippen LogP contribution in [-0.4, -0.2) is 23.3 Å². The first-order valence-corrected chi connectivity index (χ1v) is 12.0. The van der Waals surface area contributed by atoms with Crippen LogP contribution in [0.5, 0.6) is 0 Å². The van der Waals surface area contributed by atoms with Gasteiger partial charge in [0.1, 0.15) is 0 Å². The molecule has 0 amide bonds. The molecule has 5 rings (SSSR count). The first-order chi connectivity index (χ1) is 16.9. The van der Waals surface area contributed by atoms with Gasteiger partial charge in [-0.3, -0.25) is 14.9 Å². The van der Waals surface area contributed by atoms with Crippen molar-refractivity contribution in [3.63, 3.8) is 0 Å². The van der Waals surface area contributed by atoms with Crippen molar-refractivity contribution in [2.24, 2.45) is 5.92 Å². The Kier molecular flexibility index (Phi) is 6.21. The lowest BCUT2D eigenvalue weighted by atomic mass is 9.76. The third kappa shape index (κ3) is 4.61. The molecule has 0 spiro atoms. The molecule has 1 heterocycles. The van der Waals surface area contributed by atoms with Crippen LogP contribution in [0.4, 0.5) is 11.4 Å². The number of non-ortho nitro benzene ring substituents is 1. The molecule has 0 saturated heterocycles. The summed E-state index contributed by atoms with van der Waals surface area (Å²) < 4.78 is 6.30. The van der Waals surface area contributed by atoms with Crippen LogP contribution in [0.3, 0.4) is 0 Å². The van der Waals surface area contributed by atoms with Gasteiger partial charge in [-0.2, -0.15) is 0 Å². The van der Waals surface area contributed by atoms with Gasteiger partial charge in [-0.15, -0.1) is 0 Å². The Labute approximate surface area is 210 Å². The quantitative estimate of drug-likeness (QED) is 0.133. The monoisotopic (exact) mass is 532 g/mol. The fourth-order valence-corrected chi connectivity index (χ4v) is 5.05. The van der Waals surface area contributed by atoms with Crippen molar-refractivity contribution in [3.05, 3.63) is 116 Å². The van der Waals surface area contributed by atoms with E-state index in [0.29, 0.717) is 11.5 Å². The number of anilines is 1. The number of esters is 1. The summed E-state index contributed by atoms with van der Waals surface area (Å²) in [5, 5.41) is 14.4. The molecular weight excluding hydrogens is 512 g/mol. The topological polar surface area (TPSA) is 98.5 Å². The summed E-state index contributed by atoms with van der Waals surface area (Å²) >= 11 is 3.49. The molecule has 0 aromatic heterocycles. The van der Waals surface area contributed by atoms with Gasteiger partial charge in [-0.05, 0) is 65.9 Å². The average molecular weight is 533 g/mol. The number of carbonyl (C=O) groups is 2. The summed E-state index contributed by atoms with van der Waals surface area (Å²) in [6.07, 6.45) is 5.32. The van der Waals surface area contributed by atoms with E-state index in [9.17, 15) is 19.7 Å². The summed E-state index contributed by atoms with van der Waals surface area (Å²) in [5.41, 5.74) is 3.74. The minimum absolute atomic E-state index is 0.108. The number of rotatable bonds is 6. The van der Waals surface area contributed by atoms with Gasteiger partial charge in [0.25, 0.3) is 5.69 Å². The standard InChI is InChI=1S/C27H21BrN2O5/c28-19-9-4-17(5-10-19)26-22-3-1-2-21(22)23-14-18(8-13-24(23)29-26)27(32)35-15-25(31)16-6-11-20(12-7-16)30(33)34/h1-2,4-14,21-22,26,29H,3,15H2/t21-,22-,26-/m0/s1. The molecular formula is C27H21BrN2O5. The van der Waals surface area contributed by atoms with Crippen molar-refractivity contribution < 1.29 is 19.2 Å². The van der Waals surface area contributed by atoms with Gasteiger partial charge in [-0.1, -0.05) is 40.2 Å². The van der Waals surface area contributed by atoms with Gasteiger partial charge in [0.2, 0.25) is 0 Å². The lowest BCUT2D eigenvalue weighted by molar-refractivity contribution is -0.384. The average Bonchev–Trinajstić information content (AvgIpc) is 3.37. The number of ether oxygens (including phenoxy) is 1. The third-order valence-corrected chi connectivity index (χ3v) is 7.09. The Hall–Kier alpha value is -3.78. The highest BCUT2D eigenvalue weighted by atomic mass is 79.9. The van der Waals surface area contributed by atoms with Crippen molar-refractivity contribution in [2.45, 2.75) is 18.4 Å². The predicted molar refractivity (Wildman–Crippen MR) is 135 cm³/mol. The van der Waals surface area contributed by atoms with E-state index in [0.717, 1.165) is 22.1 Å². The molecule has 35 heavy (non-hydrogen) atoms. The Morgan fingerprint density at radius 1 is 1.03 bits per heavy atom. The van der Waals surface area contributed by atoms with E-state index in [4.69, 9.17) is 4.74 Å². The van der Waals surface area contributed by atoms with Gasteiger partial charge in [0.15, 0.2) is 12.4 Å². The summed E-state index contributed by atoms with van der Waals surface area (Å²) in [5.74, 6) is -0.506. The van der Waals surface area contributed by atoms with Crippen LogP contribution in [0, 0.1) is 16.0 Å².